The fourth-order valence-corrected chi connectivity index (χ4v) is 6.59. The van der Waals surface area contributed by atoms with Crippen LogP contribution in [0.25, 0.3) is 33.4 Å². The Morgan fingerprint density at radius 3 is 1.61 bits per heavy atom. The minimum absolute atomic E-state index is 0. The molecule has 0 nitrogen and oxygen atoms in total. The summed E-state index contributed by atoms with van der Waals surface area (Å²) in [6.45, 7) is 14.1. The Balaban J connectivity index is 0.00000180. The van der Waals surface area contributed by atoms with Crippen molar-refractivity contribution in [3.05, 3.63) is 101 Å². The molecule has 0 bridgehead atoms. The summed E-state index contributed by atoms with van der Waals surface area (Å²) in [5.41, 5.74) is 14.4. The fraction of sp³-hybridized carbons (Fsp3) is 0.273. The van der Waals surface area contributed by atoms with Crippen molar-refractivity contribution < 1.29 is 58.7 Å². The van der Waals surface area contributed by atoms with E-state index in [1.165, 1.54) is 83.6 Å². The van der Waals surface area contributed by atoms with E-state index < -0.39 is 0 Å². The first-order valence-corrected chi connectivity index (χ1v) is 13.5. The average molecular weight is 681 g/mol. The second-order valence-electron chi connectivity index (χ2n) is 11.7. The average Bonchev–Trinajstić information content (AvgIpc) is 3.16. The molecule has 183 valence electrons. The van der Waals surface area contributed by atoms with Gasteiger partial charge in [-0.05, 0) is 0 Å². The molecule has 0 fully saturated rings. The maximum atomic E-state index is 2.52. The van der Waals surface area contributed by atoms with Gasteiger partial charge in [0.15, 0.2) is 0 Å². The van der Waals surface area contributed by atoms with Crippen molar-refractivity contribution >= 4 is 3.27 Å². The van der Waals surface area contributed by atoms with E-state index in [1.807, 2.05) is 0 Å². The Kier molecular flexibility index (Phi) is 8.82. The van der Waals surface area contributed by atoms with Gasteiger partial charge in [-0.3, -0.25) is 0 Å². The van der Waals surface area contributed by atoms with Crippen molar-refractivity contribution in [3.8, 4) is 33.4 Å². The van der Waals surface area contributed by atoms with Gasteiger partial charge in [0.1, 0.15) is 0 Å². The van der Waals surface area contributed by atoms with Gasteiger partial charge in [0.2, 0.25) is 0 Å². The number of fused-ring (bicyclic) bond motifs is 3. The summed E-state index contributed by atoms with van der Waals surface area (Å²) in [4.78, 5) is 0. The third-order valence-electron chi connectivity index (χ3n) is 7.10. The van der Waals surface area contributed by atoms with Gasteiger partial charge in [-0.2, -0.15) is 0 Å². The Morgan fingerprint density at radius 1 is 0.583 bits per heavy atom. The molecule has 5 rings (SSSR count). The maximum absolute atomic E-state index is 2.52. The Labute approximate surface area is 253 Å². The van der Waals surface area contributed by atoms with Gasteiger partial charge >= 0.3 is 221 Å². The zero-order valence-corrected chi connectivity index (χ0v) is 27.6. The van der Waals surface area contributed by atoms with E-state index in [9.17, 15) is 0 Å². The molecule has 3 heteroatoms. The van der Waals surface area contributed by atoms with E-state index in [2.05, 4.69) is 120 Å². The zero-order chi connectivity index (χ0) is 24.3. The molecule has 0 N–H and O–H groups in total. The minimum Gasteiger partial charge on any atom is -1.00 e. The summed E-state index contributed by atoms with van der Waals surface area (Å²) in [5.74, 6) is 0. The van der Waals surface area contributed by atoms with Crippen LogP contribution in [0.15, 0.2) is 78.9 Å². The van der Waals surface area contributed by atoms with Gasteiger partial charge in [0.25, 0.3) is 0 Å². The summed E-state index contributed by atoms with van der Waals surface area (Å²) >= 11 is 1.50. The first-order chi connectivity index (χ1) is 16.1. The summed E-state index contributed by atoms with van der Waals surface area (Å²) < 4.78 is 1.52. The standard InChI is InChI=1S/C33H33.2BrH.Zr/c1-32(2,3)30-20-26-24(18-28(30)22-13-9-7-10-14-22)17-25-19-29(23-15-11-8-12-16-23)31(21-27(25)26)33(4,5)6;;;/h7-16,18,20-21H,17H2,1-6H3;2*1H;/q;;;+2/p-2. The third-order valence-corrected chi connectivity index (χ3v) is 8.46. The van der Waals surface area contributed by atoms with Crippen molar-refractivity contribution in [1.29, 1.82) is 0 Å². The van der Waals surface area contributed by atoms with Gasteiger partial charge in [0.05, 0.1) is 0 Å². The van der Waals surface area contributed by atoms with Crippen molar-refractivity contribution in [2.75, 3.05) is 0 Å². The molecule has 0 atom stereocenters. The molecule has 0 radical (unpaired) electrons. The molecule has 36 heavy (non-hydrogen) atoms. The van der Waals surface area contributed by atoms with Gasteiger partial charge in [-0.25, -0.2) is 0 Å². The molecule has 4 aromatic carbocycles. The summed E-state index contributed by atoms with van der Waals surface area (Å²) in [6, 6.07) is 29.4. The van der Waals surface area contributed by atoms with Crippen molar-refractivity contribution in [2.24, 2.45) is 0 Å². The van der Waals surface area contributed by atoms with E-state index in [1.54, 1.807) is 0 Å². The summed E-state index contributed by atoms with van der Waals surface area (Å²) in [7, 11) is 0. The molecule has 0 aromatic heterocycles. The third kappa shape index (κ3) is 5.31. The van der Waals surface area contributed by atoms with Crippen molar-refractivity contribution in [1.82, 2.24) is 0 Å². The molecule has 1 aliphatic carbocycles. The Morgan fingerprint density at radius 2 is 1.08 bits per heavy atom. The largest absolute Gasteiger partial charge is 1.00 e. The molecule has 0 heterocycles. The smallest absolute Gasteiger partial charge is 1.00 e. The van der Waals surface area contributed by atoms with Crippen LogP contribution in [0.5, 0.6) is 0 Å². The first kappa shape index (κ1) is 29.3. The molecular formula is C33H33Br2Zr. The number of benzene rings is 4. The van der Waals surface area contributed by atoms with Gasteiger partial charge in [-0.1, -0.05) is 0 Å². The van der Waals surface area contributed by atoms with Crippen LogP contribution in [0.2, 0.25) is 0 Å². The number of hydrogen-bond donors (Lipinski definition) is 0. The molecule has 0 unspecified atom stereocenters. The van der Waals surface area contributed by atoms with Crippen LogP contribution in [0, 0.1) is 0 Å². The monoisotopic (exact) mass is 677 g/mol. The van der Waals surface area contributed by atoms with Crippen LogP contribution >= 0.6 is 0 Å². The molecular weight excluding hydrogens is 647 g/mol. The predicted octanol–water partition coefficient (Wildman–Crippen LogP) is 2.37. The van der Waals surface area contributed by atoms with E-state index in [-0.39, 0.29) is 44.8 Å². The Hall–Kier alpha value is -1.28. The first-order valence-electron chi connectivity index (χ1n) is 12.3. The summed E-state index contributed by atoms with van der Waals surface area (Å²) in [6.07, 6.45) is 1.03. The van der Waals surface area contributed by atoms with E-state index in [4.69, 9.17) is 0 Å². The van der Waals surface area contributed by atoms with Crippen molar-refractivity contribution in [2.45, 2.75) is 58.8 Å². The van der Waals surface area contributed by atoms with Crippen LogP contribution in [-0.2, 0) is 42.0 Å². The second-order valence-corrected chi connectivity index (χ2v) is 12.9. The van der Waals surface area contributed by atoms with Gasteiger partial charge < -0.3 is 34.0 Å². The van der Waals surface area contributed by atoms with Gasteiger partial charge in [0, 0.05) is 0 Å². The fourth-order valence-electron chi connectivity index (χ4n) is 5.35. The zero-order valence-electron chi connectivity index (χ0n) is 22.0. The molecule has 0 aliphatic heterocycles. The van der Waals surface area contributed by atoms with Crippen molar-refractivity contribution in [3.63, 3.8) is 0 Å². The molecule has 0 saturated heterocycles. The number of hydrogen-bond acceptors (Lipinski definition) is 0. The topological polar surface area (TPSA) is 0 Å². The minimum atomic E-state index is 0. The maximum Gasteiger partial charge on any atom is -1.00 e. The predicted molar refractivity (Wildman–Crippen MR) is 143 cm³/mol. The van der Waals surface area contributed by atoms with Crippen LogP contribution in [0.4, 0.5) is 0 Å². The molecule has 0 spiro atoms. The SMILES string of the molecule is CC(C)(C)c1cc2c(cc1-c1ccccc1)Cc1c-2cc(C(C)(C)C)c(-c2ccccc2)[c]1[Zr+2].[Br-].[Br-]. The second kappa shape index (κ2) is 10.8. The summed E-state index contributed by atoms with van der Waals surface area (Å²) in [5, 5.41) is 0. The van der Waals surface area contributed by atoms with Crippen LogP contribution in [0.1, 0.15) is 63.8 Å². The number of rotatable bonds is 2. The van der Waals surface area contributed by atoms with Crippen LogP contribution in [0.3, 0.4) is 0 Å². The normalized spacial score (nSPS) is 12.3. The van der Waals surface area contributed by atoms with Gasteiger partial charge in [-0.15, -0.1) is 0 Å². The van der Waals surface area contributed by atoms with E-state index >= 15 is 0 Å². The molecule has 4 aromatic rings. The quantitative estimate of drug-likeness (QED) is 0.269. The molecule has 0 saturated carbocycles. The number of halogens is 2. The molecule has 0 amide bonds. The van der Waals surface area contributed by atoms with E-state index in [0.717, 1.165) is 6.42 Å². The van der Waals surface area contributed by atoms with E-state index in [0.29, 0.717) is 0 Å². The molecule has 1 aliphatic rings. The van der Waals surface area contributed by atoms with Crippen LogP contribution < -0.4 is 37.2 Å². The van der Waals surface area contributed by atoms with Crippen LogP contribution in [-0.4, -0.2) is 0 Å². The Bertz CT molecular complexity index is 1380.